The summed E-state index contributed by atoms with van der Waals surface area (Å²) in [6, 6.07) is 7.73. The Balaban J connectivity index is 1.65. The van der Waals surface area contributed by atoms with Crippen molar-refractivity contribution in [3.63, 3.8) is 0 Å². The lowest BCUT2D eigenvalue weighted by molar-refractivity contribution is -0.116. The van der Waals surface area contributed by atoms with Gasteiger partial charge in [-0.2, -0.15) is 0 Å². The van der Waals surface area contributed by atoms with Crippen molar-refractivity contribution in [2.75, 3.05) is 16.8 Å². The summed E-state index contributed by atoms with van der Waals surface area (Å²) in [5.41, 5.74) is 0. The van der Waals surface area contributed by atoms with Crippen molar-refractivity contribution in [2.45, 2.75) is 35.9 Å². The number of thioether (sulfide) groups is 2. The maximum absolute atomic E-state index is 11.9. The first-order valence-corrected chi connectivity index (χ1v) is 10.8. The molecule has 4 nitrogen and oxygen atoms in total. The van der Waals surface area contributed by atoms with Crippen LogP contribution in [0, 0.1) is 5.92 Å². The van der Waals surface area contributed by atoms with E-state index in [9.17, 15) is 4.79 Å². The lowest BCUT2D eigenvalue weighted by Crippen LogP contribution is -2.11. The molecule has 0 saturated carbocycles. The average Bonchev–Trinajstić information content (AvgIpc) is 2.99. The average molecular weight is 402 g/mol. The van der Waals surface area contributed by atoms with Gasteiger partial charge in [-0.05, 0) is 42.4 Å². The number of rotatable bonds is 9. The molecule has 1 aromatic heterocycles. The minimum absolute atomic E-state index is 0.0109. The van der Waals surface area contributed by atoms with Crippen LogP contribution in [0.4, 0.5) is 5.13 Å². The van der Waals surface area contributed by atoms with E-state index in [-0.39, 0.29) is 5.91 Å². The Morgan fingerprint density at radius 2 is 2.00 bits per heavy atom. The molecule has 0 aliphatic rings. The van der Waals surface area contributed by atoms with Gasteiger partial charge in [-0.25, -0.2) is 0 Å². The van der Waals surface area contributed by atoms with Crippen LogP contribution in [0.2, 0.25) is 5.02 Å². The zero-order valence-corrected chi connectivity index (χ0v) is 16.8. The molecule has 24 heavy (non-hydrogen) atoms. The SMILES string of the molecule is CC(C)CSc1nnc(NC(=O)CCCSc2ccc(Cl)cc2)s1. The van der Waals surface area contributed by atoms with Crippen LogP contribution in [0.5, 0.6) is 0 Å². The third-order valence-electron chi connectivity index (χ3n) is 2.82. The summed E-state index contributed by atoms with van der Waals surface area (Å²) in [5, 5.41) is 12.2. The maximum atomic E-state index is 11.9. The van der Waals surface area contributed by atoms with Gasteiger partial charge in [-0.1, -0.05) is 48.5 Å². The number of benzene rings is 1. The van der Waals surface area contributed by atoms with Crippen molar-refractivity contribution in [2.24, 2.45) is 5.92 Å². The number of aromatic nitrogens is 2. The minimum atomic E-state index is -0.0109. The molecular weight excluding hydrogens is 382 g/mol. The number of anilines is 1. The minimum Gasteiger partial charge on any atom is -0.301 e. The molecule has 0 atom stereocenters. The van der Waals surface area contributed by atoms with Crippen LogP contribution in [0.25, 0.3) is 0 Å². The van der Waals surface area contributed by atoms with Crippen LogP contribution >= 0.6 is 46.5 Å². The Labute approximate surface area is 160 Å². The number of nitrogens with one attached hydrogen (secondary N) is 1. The lowest BCUT2D eigenvalue weighted by Gasteiger charge is -2.02. The fourth-order valence-corrected chi connectivity index (χ4v) is 4.42. The quantitative estimate of drug-likeness (QED) is 0.344. The summed E-state index contributed by atoms with van der Waals surface area (Å²) in [5.74, 6) is 2.49. The third-order valence-corrected chi connectivity index (χ3v) is 6.57. The number of carbonyl (C=O) groups excluding carboxylic acids is 1. The summed E-state index contributed by atoms with van der Waals surface area (Å²) >= 11 is 10.7. The number of halogens is 1. The van der Waals surface area contributed by atoms with Gasteiger partial charge in [0.1, 0.15) is 0 Å². The van der Waals surface area contributed by atoms with E-state index >= 15 is 0 Å². The molecule has 0 aliphatic heterocycles. The zero-order chi connectivity index (χ0) is 17.4. The van der Waals surface area contributed by atoms with Crippen molar-refractivity contribution in [3.8, 4) is 0 Å². The van der Waals surface area contributed by atoms with Crippen LogP contribution in [0.15, 0.2) is 33.5 Å². The van der Waals surface area contributed by atoms with E-state index in [1.807, 2.05) is 24.3 Å². The van der Waals surface area contributed by atoms with E-state index in [1.165, 1.54) is 11.3 Å². The second-order valence-corrected chi connectivity index (χ2v) is 9.38. The van der Waals surface area contributed by atoms with Gasteiger partial charge >= 0.3 is 0 Å². The highest BCUT2D eigenvalue weighted by molar-refractivity contribution is 8.01. The van der Waals surface area contributed by atoms with Crippen molar-refractivity contribution >= 4 is 57.5 Å². The molecule has 0 aliphatic carbocycles. The van der Waals surface area contributed by atoms with Gasteiger partial charge in [0, 0.05) is 22.1 Å². The summed E-state index contributed by atoms with van der Waals surface area (Å²) in [6.45, 7) is 4.33. The molecule has 0 unspecified atom stereocenters. The number of carbonyl (C=O) groups is 1. The Morgan fingerprint density at radius 1 is 1.25 bits per heavy atom. The summed E-state index contributed by atoms with van der Waals surface area (Å²) in [7, 11) is 0. The van der Waals surface area contributed by atoms with Crippen LogP contribution in [0.1, 0.15) is 26.7 Å². The molecule has 1 amide bonds. The van der Waals surface area contributed by atoms with Gasteiger partial charge in [0.15, 0.2) is 4.34 Å². The molecule has 130 valence electrons. The van der Waals surface area contributed by atoms with E-state index < -0.39 is 0 Å². The molecule has 0 radical (unpaired) electrons. The van der Waals surface area contributed by atoms with Crippen molar-refractivity contribution in [1.82, 2.24) is 10.2 Å². The molecule has 1 N–H and O–H groups in total. The molecule has 0 saturated heterocycles. The van der Waals surface area contributed by atoms with Gasteiger partial charge in [0.25, 0.3) is 0 Å². The largest absolute Gasteiger partial charge is 0.301 e. The van der Waals surface area contributed by atoms with Crippen molar-refractivity contribution in [3.05, 3.63) is 29.3 Å². The first-order chi connectivity index (χ1) is 11.5. The van der Waals surface area contributed by atoms with E-state index in [2.05, 4.69) is 29.4 Å². The summed E-state index contributed by atoms with van der Waals surface area (Å²) < 4.78 is 0.900. The molecule has 1 heterocycles. The van der Waals surface area contributed by atoms with E-state index in [1.54, 1.807) is 23.5 Å². The molecule has 1 aromatic carbocycles. The second-order valence-electron chi connectivity index (χ2n) is 5.53. The predicted octanol–water partition coefficient (Wildman–Crippen LogP) is 5.45. The maximum Gasteiger partial charge on any atom is 0.226 e. The molecule has 2 rings (SSSR count). The first-order valence-electron chi connectivity index (χ1n) is 7.67. The lowest BCUT2D eigenvalue weighted by atomic mass is 10.3. The number of amides is 1. The molecular formula is C16H20ClN3OS3. The zero-order valence-electron chi connectivity index (χ0n) is 13.6. The van der Waals surface area contributed by atoms with Crippen LogP contribution in [-0.4, -0.2) is 27.6 Å². The number of nitrogens with zero attached hydrogens (tertiary/aromatic N) is 2. The molecule has 0 fully saturated rings. The Morgan fingerprint density at radius 3 is 2.71 bits per heavy atom. The molecule has 0 spiro atoms. The number of hydrogen-bond donors (Lipinski definition) is 1. The molecule has 0 bridgehead atoms. The molecule has 8 heteroatoms. The van der Waals surface area contributed by atoms with E-state index in [0.29, 0.717) is 17.5 Å². The van der Waals surface area contributed by atoms with Gasteiger partial charge in [0.05, 0.1) is 0 Å². The fourth-order valence-electron chi connectivity index (χ4n) is 1.69. The van der Waals surface area contributed by atoms with Gasteiger partial charge in [-0.3, -0.25) is 4.79 Å². The Kier molecular flexibility index (Phi) is 8.38. The normalized spacial score (nSPS) is 11.0. The van der Waals surface area contributed by atoms with E-state index in [0.717, 1.165) is 32.2 Å². The van der Waals surface area contributed by atoms with E-state index in [4.69, 9.17) is 11.6 Å². The fraction of sp³-hybridized carbons (Fsp3) is 0.438. The topological polar surface area (TPSA) is 54.9 Å². The highest BCUT2D eigenvalue weighted by Crippen LogP contribution is 2.27. The summed E-state index contributed by atoms with van der Waals surface area (Å²) in [4.78, 5) is 13.1. The Hall–Kier alpha value is -0.760. The monoisotopic (exact) mass is 401 g/mol. The highest BCUT2D eigenvalue weighted by Gasteiger charge is 2.09. The number of hydrogen-bond acceptors (Lipinski definition) is 6. The van der Waals surface area contributed by atoms with Crippen molar-refractivity contribution < 1.29 is 4.79 Å². The summed E-state index contributed by atoms with van der Waals surface area (Å²) in [6.07, 6.45) is 1.29. The molecule has 2 aromatic rings. The first kappa shape index (κ1) is 19.6. The second kappa shape index (κ2) is 10.3. The highest BCUT2D eigenvalue weighted by atomic mass is 35.5. The Bertz CT molecular complexity index is 646. The van der Waals surface area contributed by atoms with Crippen molar-refractivity contribution in [1.29, 1.82) is 0 Å². The smallest absolute Gasteiger partial charge is 0.226 e. The van der Waals surface area contributed by atoms with Crippen LogP contribution in [0.3, 0.4) is 0 Å². The third kappa shape index (κ3) is 7.42. The standard InChI is InChI=1S/C16H20ClN3OS3/c1-11(2)10-23-16-20-19-15(24-16)18-14(21)4-3-9-22-13-7-5-12(17)6-8-13/h5-8,11H,3-4,9-10H2,1-2H3,(H,18,19,21). The van der Waals surface area contributed by atoms with Gasteiger partial charge in [0.2, 0.25) is 11.0 Å². The van der Waals surface area contributed by atoms with Crippen LogP contribution in [-0.2, 0) is 4.79 Å². The van der Waals surface area contributed by atoms with Crippen LogP contribution < -0.4 is 5.32 Å². The van der Waals surface area contributed by atoms with Gasteiger partial charge in [-0.15, -0.1) is 22.0 Å². The van der Waals surface area contributed by atoms with Gasteiger partial charge < -0.3 is 5.32 Å². The predicted molar refractivity (Wildman–Crippen MR) is 106 cm³/mol.